The molecule has 0 N–H and O–H groups in total. The van der Waals surface area contributed by atoms with E-state index in [-0.39, 0.29) is 11.9 Å². The van der Waals surface area contributed by atoms with Crippen LogP contribution in [0.3, 0.4) is 0 Å². The third-order valence-corrected chi connectivity index (χ3v) is 4.07. The van der Waals surface area contributed by atoms with Gasteiger partial charge in [-0.05, 0) is 37.1 Å². The molecule has 1 heterocycles. The van der Waals surface area contributed by atoms with Gasteiger partial charge in [-0.3, -0.25) is 4.79 Å². The Kier molecular flexibility index (Phi) is 3.75. The van der Waals surface area contributed by atoms with Gasteiger partial charge in [0.25, 0.3) is 5.91 Å². The molecule has 1 amide bonds. The first-order valence-corrected chi connectivity index (χ1v) is 7.29. The Balaban J connectivity index is 2.01. The number of hydrogen-bond acceptors (Lipinski definition) is 3. The first-order valence-electron chi connectivity index (χ1n) is 7.29. The normalized spacial score (nSPS) is 16.3. The number of rotatable bonds is 3. The van der Waals surface area contributed by atoms with Crippen molar-refractivity contribution in [3.8, 4) is 11.5 Å². The average Bonchev–Trinajstić information content (AvgIpc) is 2.89. The molecular weight excluding hydrogens is 278 g/mol. The maximum atomic E-state index is 13.0. The molecule has 1 unspecified atom stereocenters. The highest BCUT2D eigenvalue weighted by atomic mass is 16.5. The smallest absolute Gasteiger partial charge is 0.262 e. The summed E-state index contributed by atoms with van der Waals surface area (Å²) in [5, 5.41) is 0. The molecule has 4 nitrogen and oxygen atoms in total. The molecule has 0 saturated heterocycles. The molecule has 1 aliphatic heterocycles. The van der Waals surface area contributed by atoms with Crippen molar-refractivity contribution in [3.05, 3.63) is 53.6 Å². The molecule has 0 aliphatic carbocycles. The van der Waals surface area contributed by atoms with Gasteiger partial charge >= 0.3 is 0 Å². The topological polar surface area (TPSA) is 38.8 Å². The van der Waals surface area contributed by atoms with Gasteiger partial charge in [-0.25, -0.2) is 0 Å². The van der Waals surface area contributed by atoms with Gasteiger partial charge in [0.05, 0.1) is 19.8 Å². The molecule has 3 rings (SSSR count). The minimum absolute atomic E-state index is 0.0445. The number of benzene rings is 2. The van der Waals surface area contributed by atoms with Crippen molar-refractivity contribution in [2.75, 3.05) is 19.1 Å². The maximum Gasteiger partial charge on any atom is 0.262 e. The monoisotopic (exact) mass is 297 g/mol. The number of carbonyl (C=O) groups is 1. The lowest BCUT2D eigenvalue weighted by molar-refractivity contribution is 0.0978. The van der Waals surface area contributed by atoms with Crippen molar-refractivity contribution in [2.24, 2.45) is 0 Å². The van der Waals surface area contributed by atoms with E-state index >= 15 is 0 Å². The van der Waals surface area contributed by atoms with Crippen molar-refractivity contribution in [1.82, 2.24) is 0 Å². The van der Waals surface area contributed by atoms with Crippen LogP contribution in [0, 0.1) is 0 Å². The average molecular weight is 297 g/mol. The second kappa shape index (κ2) is 5.72. The minimum Gasteiger partial charge on any atom is -0.497 e. The quantitative estimate of drug-likeness (QED) is 0.872. The molecule has 0 fully saturated rings. The van der Waals surface area contributed by atoms with E-state index in [4.69, 9.17) is 9.47 Å². The largest absolute Gasteiger partial charge is 0.497 e. The van der Waals surface area contributed by atoms with Crippen LogP contribution < -0.4 is 14.4 Å². The number of amides is 1. The van der Waals surface area contributed by atoms with Crippen LogP contribution in [0.4, 0.5) is 5.69 Å². The van der Waals surface area contributed by atoms with E-state index < -0.39 is 0 Å². The van der Waals surface area contributed by atoms with Gasteiger partial charge in [0.2, 0.25) is 0 Å². The Bertz CT molecular complexity index is 711. The number of carbonyl (C=O) groups excluding carboxylic acids is 1. The summed E-state index contributed by atoms with van der Waals surface area (Å²) in [6.45, 7) is 2.06. The highest BCUT2D eigenvalue weighted by Gasteiger charge is 2.32. The van der Waals surface area contributed by atoms with Crippen molar-refractivity contribution in [2.45, 2.75) is 19.4 Å². The van der Waals surface area contributed by atoms with E-state index in [1.54, 1.807) is 32.4 Å². The van der Waals surface area contributed by atoms with Crippen molar-refractivity contribution in [3.63, 3.8) is 0 Å². The van der Waals surface area contributed by atoms with Gasteiger partial charge in [0.1, 0.15) is 11.5 Å². The van der Waals surface area contributed by atoms with E-state index in [2.05, 4.69) is 13.0 Å². The van der Waals surface area contributed by atoms with Gasteiger partial charge < -0.3 is 14.4 Å². The van der Waals surface area contributed by atoms with Crippen molar-refractivity contribution in [1.29, 1.82) is 0 Å². The summed E-state index contributed by atoms with van der Waals surface area (Å²) in [6, 6.07) is 13.4. The highest BCUT2D eigenvalue weighted by Crippen LogP contribution is 2.35. The SMILES string of the molecule is COc1ccc(C(=O)N2c3ccccc3CC2C)c(OC)c1. The van der Waals surface area contributed by atoms with E-state index in [0.29, 0.717) is 17.1 Å². The fraction of sp³-hybridized carbons (Fsp3) is 0.278. The Morgan fingerprint density at radius 2 is 1.91 bits per heavy atom. The molecule has 2 aromatic rings. The van der Waals surface area contributed by atoms with Crippen LogP contribution in [-0.2, 0) is 6.42 Å². The number of methoxy groups -OCH3 is 2. The van der Waals surface area contributed by atoms with Crippen LogP contribution in [0.15, 0.2) is 42.5 Å². The van der Waals surface area contributed by atoms with E-state index in [1.165, 1.54) is 5.56 Å². The fourth-order valence-electron chi connectivity index (χ4n) is 2.98. The van der Waals surface area contributed by atoms with Crippen molar-refractivity contribution < 1.29 is 14.3 Å². The molecule has 0 aromatic heterocycles. The molecule has 1 atom stereocenters. The number of fused-ring (bicyclic) bond motifs is 1. The molecule has 0 bridgehead atoms. The van der Waals surface area contributed by atoms with Gasteiger partial charge in [-0.1, -0.05) is 18.2 Å². The summed E-state index contributed by atoms with van der Waals surface area (Å²) >= 11 is 0. The number of para-hydroxylation sites is 1. The number of hydrogen-bond donors (Lipinski definition) is 0. The first-order chi connectivity index (χ1) is 10.7. The Labute approximate surface area is 130 Å². The minimum atomic E-state index is -0.0445. The molecule has 0 saturated carbocycles. The van der Waals surface area contributed by atoms with E-state index in [0.717, 1.165) is 12.1 Å². The van der Waals surface area contributed by atoms with Gasteiger partial charge in [-0.2, -0.15) is 0 Å². The molecule has 0 radical (unpaired) electrons. The zero-order valence-corrected chi connectivity index (χ0v) is 13.0. The lowest BCUT2D eigenvalue weighted by Gasteiger charge is -2.23. The number of ether oxygens (including phenoxy) is 2. The summed E-state index contributed by atoms with van der Waals surface area (Å²) in [5.74, 6) is 1.15. The second-order valence-corrected chi connectivity index (χ2v) is 5.42. The molecule has 0 spiro atoms. The van der Waals surface area contributed by atoms with Crippen LogP contribution in [0.5, 0.6) is 11.5 Å². The summed E-state index contributed by atoms with van der Waals surface area (Å²) in [4.78, 5) is 14.9. The Morgan fingerprint density at radius 3 is 2.64 bits per heavy atom. The summed E-state index contributed by atoms with van der Waals surface area (Å²) in [7, 11) is 3.15. The summed E-state index contributed by atoms with van der Waals surface area (Å²) < 4.78 is 10.6. The molecule has 4 heteroatoms. The fourth-order valence-corrected chi connectivity index (χ4v) is 2.98. The molecule has 114 valence electrons. The van der Waals surface area contributed by atoms with E-state index in [1.807, 2.05) is 23.1 Å². The molecule has 1 aliphatic rings. The molecule has 22 heavy (non-hydrogen) atoms. The maximum absolute atomic E-state index is 13.0. The lowest BCUT2D eigenvalue weighted by Crippen LogP contribution is -2.35. The van der Waals surface area contributed by atoms with Crippen LogP contribution in [0.1, 0.15) is 22.8 Å². The number of nitrogens with zero attached hydrogens (tertiary/aromatic N) is 1. The zero-order chi connectivity index (χ0) is 15.7. The van der Waals surface area contributed by atoms with E-state index in [9.17, 15) is 4.79 Å². The predicted octanol–water partition coefficient (Wildman–Crippen LogP) is 3.30. The Morgan fingerprint density at radius 1 is 1.14 bits per heavy atom. The number of anilines is 1. The predicted molar refractivity (Wildman–Crippen MR) is 86.0 cm³/mol. The van der Waals surface area contributed by atoms with Gasteiger partial charge in [0.15, 0.2) is 0 Å². The molecular formula is C18H19NO3. The zero-order valence-electron chi connectivity index (χ0n) is 13.0. The van der Waals surface area contributed by atoms with Crippen LogP contribution >= 0.6 is 0 Å². The second-order valence-electron chi connectivity index (χ2n) is 5.42. The lowest BCUT2D eigenvalue weighted by atomic mass is 10.1. The highest BCUT2D eigenvalue weighted by molar-refractivity contribution is 6.09. The van der Waals surface area contributed by atoms with Crippen molar-refractivity contribution >= 4 is 11.6 Å². The van der Waals surface area contributed by atoms with Crippen LogP contribution in [0.25, 0.3) is 0 Å². The van der Waals surface area contributed by atoms with Crippen LogP contribution in [0.2, 0.25) is 0 Å². The third-order valence-electron chi connectivity index (χ3n) is 4.07. The standard InChI is InChI=1S/C18H19NO3/c1-12-10-13-6-4-5-7-16(13)19(12)18(20)15-9-8-14(21-2)11-17(15)22-3/h4-9,11-12H,10H2,1-3H3. The molecule has 2 aromatic carbocycles. The summed E-state index contributed by atoms with van der Waals surface area (Å²) in [6.07, 6.45) is 0.875. The summed E-state index contributed by atoms with van der Waals surface area (Å²) in [5.41, 5.74) is 2.74. The Hall–Kier alpha value is -2.49. The van der Waals surface area contributed by atoms with Crippen LogP contribution in [-0.4, -0.2) is 26.2 Å². The van der Waals surface area contributed by atoms with Gasteiger partial charge in [0, 0.05) is 17.8 Å². The van der Waals surface area contributed by atoms with Gasteiger partial charge in [-0.15, -0.1) is 0 Å². The third kappa shape index (κ3) is 2.30. The first kappa shape index (κ1) is 14.4.